The van der Waals surface area contributed by atoms with E-state index in [2.05, 4.69) is 11.2 Å². The lowest BCUT2D eigenvalue weighted by molar-refractivity contribution is -0.108. The van der Waals surface area contributed by atoms with E-state index in [1.165, 1.54) is 0 Å². The maximum atomic E-state index is 10.0. The maximum Gasteiger partial charge on any atom is 0.122 e. The molecule has 20 heavy (non-hydrogen) atoms. The van der Waals surface area contributed by atoms with Gasteiger partial charge < -0.3 is 29.1 Å². The maximum absolute atomic E-state index is 10.0. The summed E-state index contributed by atoms with van der Waals surface area (Å²) in [7, 11) is 0. The molecule has 6 heteroatoms. The molecule has 0 radical (unpaired) electrons. The molecule has 0 bridgehead atoms. The second-order valence-electron chi connectivity index (χ2n) is 3.79. The molecule has 0 rings (SSSR count). The van der Waals surface area contributed by atoms with Crippen molar-refractivity contribution < 1.29 is 23.7 Å². The third-order valence-electron chi connectivity index (χ3n) is 2.15. The van der Waals surface area contributed by atoms with E-state index in [4.69, 9.17) is 25.4 Å². The molecule has 0 saturated carbocycles. The Balaban J connectivity index is 2.92. The van der Waals surface area contributed by atoms with Gasteiger partial charge in [0, 0.05) is 13.0 Å². The van der Waals surface area contributed by atoms with Crippen molar-refractivity contribution in [2.24, 2.45) is 0 Å². The lowest BCUT2D eigenvalue weighted by Crippen LogP contribution is -2.21. The SMILES string of the molecule is C#CCNCCOCCOCCOCCOCCC=O. The molecule has 1 N–H and O–H groups in total. The molecule has 0 spiro atoms. The van der Waals surface area contributed by atoms with Crippen LogP contribution in [0.4, 0.5) is 0 Å². The Labute approximate surface area is 121 Å². The van der Waals surface area contributed by atoms with Gasteiger partial charge in [-0.1, -0.05) is 5.92 Å². The van der Waals surface area contributed by atoms with Crippen LogP contribution in [0.15, 0.2) is 0 Å². The van der Waals surface area contributed by atoms with Gasteiger partial charge in [-0.25, -0.2) is 0 Å². The van der Waals surface area contributed by atoms with Gasteiger partial charge in [0.2, 0.25) is 0 Å². The molecular weight excluding hydrogens is 262 g/mol. The van der Waals surface area contributed by atoms with Gasteiger partial charge in [-0.3, -0.25) is 0 Å². The number of terminal acetylenes is 1. The highest BCUT2D eigenvalue weighted by Gasteiger charge is 1.92. The van der Waals surface area contributed by atoms with E-state index >= 15 is 0 Å². The summed E-state index contributed by atoms with van der Waals surface area (Å²) < 4.78 is 21.1. The van der Waals surface area contributed by atoms with E-state index < -0.39 is 0 Å². The fraction of sp³-hybridized carbons (Fsp3) is 0.786. The molecule has 0 unspecified atom stereocenters. The van der Waals surface area contributed by atoms with Crippen molar-refractivity contribution in [1.82, 2.24) is 5.32 Å². The highest BCUT2D eigenvalue weighted by atomic mass is 16.6. The quantitative estimate of drug-likeness (QED) is 0.242. The predicted octanol–water partition coefficient (Wildman–Crippen LogP) is -0.135. The summed E-state index contributed by atoms with van der Waals surface area (Å²) in [6.07, 6.45) is 6.35. The number of carbonyl (C=O) groups is 1. The monoisotopic (exact) mass is 287 g/mol. The van der Waals surface area contributed by atoms with Gasteiger partial charge in [0.05, 0.1) is 59.4 Å². The fourth-order valence-electron chi connectivity index (χ4n) is 1.20. The average molecular weight is 287 g/mol. The van der Waals surface area contributed by atoms with Crippen molar-refractivity contribution in [3.8, 4) is 12.3 Å². The molecule has 0 aliphatic carbocycles. The number of rotatable bonds is 16. The second kappa shape index (κ2) is 18.0. The summed E-state index contributed by atoms with van der Waals surface area (Å²) in [5.74, 6) is 2.49. The van der Waals surface area contributed by atoms with Crippen molar-refractivity contribution in [3.63, 3.8) is 0 Å². The zero-order valence-corrected chi connectivity index (χ0v) is 12.0. The summed E-state index contributed by atoms with van der Waals surface area (Å²) in [5, 5.41) is 3.03. The molecule has 0 aliphatic heterocycles. The Morgan fingerprint density at radius 1 is 0.850 bits per heavy atom. The number of carbonyl (C=O) groups excluding carboxylic acids is 1. The molecule has 0 saturated heterocycles. The molecule has 0 heterocycles. The Morgan fingerprint density at radius 2 is 1.35 bits per heavy atom. The normalized spacial score (nSPS) is 10.3. The molecule has 0 atom stereocenters. The van der Waals surface area contributed by atoms with Crippen molar-refractivity contribution in [1.29, 1.82) is 0 Å². The Hall–Kier alpha value is -0.970. The molecule has 116 valence electrons. The lowest BCUT2D eigenvalue weighted by Gasteiger charge is -2.07. The third kappa shape index (κ3) is 17.0. The minimum absolute atomic E-state index is 0.432. The standard InChI is InChI=1S/C14H25NO5/c1-2-4-15-5-8-18-10-12-20-14-13-19-11-9-17-7-3-6-16/h1,6,15H,3-5,7-14H2. The van der Waals surface area contributed by atoms with E-state index in [-0.39, 0.29) is 0 Å². The first-order valence-electron chi connectivity index (χ1n) is 6.80. The summed E-state index contributed by atoms with van der Waals surface area (Å²) >= 11 is 0. The third-order valence-corrected chi connectivity index (χ3v) is 2.15. The number of nitrogens with one attached hydrogen (secondary N) is 1. The largest absolute Gasteiger partial charge is 0.379 e. The van der Waals surface area contributed by atoms with Gasteiger partial charge in [0.25, 0.3) is 0 Å². The second-order valence-corrected chi connectivity index (χ2v) is 3.79. The Kier molecular flexibility index (Phi) is 17.2. The first kappa shape index (κ1) is 19.0. The van der Waals surface area contributed by atoms with Crippen LogP contribution in [0.5, 0.6) is 0 Å². The summed E-state index contributed by atoms with van der Waals surface area (Å²) in [6, 6.07) is 0. The highest BCUT2D eigenvalue weighted by molar-refractivity contribution is 5.49. The van der Waals surface area contributed by atoms with Crippen LogP contribution in [0.1, 0.15) is 6.42 Å². The van der Waals surface area contributed by atoms with Gasteiger partial charge in [0.15, 0.2) is 0 Å². The topological polar surface area (TPSA) is 66.0 Å². The molecule has 6 nitrogen and oxygen atoms in total. The number of hydrogen-bond acceptors (Lipinski definition) is 6. The van der Waals surface area contributed by atoms with E-state index in [0.717, 1.165) is 12.8 Å². The Morgan fingerprint density at radius 3 is 1.85 bits per heavy atom. The molecule has 0 fully saturated rings. The summed E-state index contributed by atoms with van der Waals surface area (Å²) in [6.45, 7) is 5.58. The van der Waals surface area contributed by atoms with Crippen molar-refractivity contribution in [2.45, 2.75) is 6.42 Å². The molecular formula is C14H25NO5. The van der Waals surface area contributed by atoms with Gasteiger partial charge in [-0.05, 0) is 0 Å². The smallest absolute Gasteiger partial charge is 0.122 e. The van der Waals surface area contributed by atoms with Crippen LogP contribution in [0.3, 0.4) is 0 Å². The predicted molar refractivity (Wildman–Crippen MR) is 75.7 cm³/mol. The van der Waals surface area contributed by atoms with Crippen LogP contribution in [-0.4, -0.2) is 72.2 Å². The van der Waals surface area contributed by atoms with Gasteiger partial charge in [-0.2, -0.15) is 0 Å². The first-order chi connectivity index (χ1) is 9.91. The van der Waals surface area contributed by atoms with Gasteiger partial charge in [0.1, 0.15) is 6.29 Å². The molecule has 0 amide bonds. The zero-order valence-electron chi connectivity index (χ0n) is 12.0. The van der Waals surface area contributed by atoms with Crippen LogP contribution >= 0.6 is 0 Å². The van der Waals surface area contributed by atoms with E-state index in [1.54, 1.807) is 0 Å². The fourth-order valence-corrected chi connectivity index (χ4v) is 1.20. The van der Waals surface area contributed by atoms with Gasteiger partial charge >= 0.3 is 0 Å². The van der Waals surface area contributed by atoms with Crippen molar-refractivity contribution >= 4 is 6.29 Å². The van der Waals surface area contributed by atoms with Crippen LogP contribution in [0.25, 0.3) is 0 Å². The van der Waals surface area contributed by atoms with Crippen LogP contribution < -0.4 is 5.32 Å². The Bertz CT molecular complexity index is 242. The van der Waals surface area contributed by atoms with Crippen LogP contribution in [-0.2, 0) is 23.7 Å². The number of aldehydes is 1. The average Bonchev–Trinajstić information content (AvgIpc) is 2.47. The lowest BCUT2D eigenvalue weighted by atomic mass is 10.5. The molecule has 0 aromatic rings. The molecule has 0 aromatic carbocycles. The minimum atomic E-state index is 0.432. The first-order valence-corrected chi connectivity index (χ1v) is 6.80. The van der Waals surface area contributed by atoms with Crippen LogP contribution in [0, 0.1) is 12.3 Å². The van der Waals surface area contributed by atoms with Gasteiger partial charge in [-0.15, -0.1) is 6.42 Å². The minimum Gasteiger partial charge on any atom is -0.379 e. The van der Waals surface area contributed by atoms with Crippen LogP contribution in [0.2, 0.25) is 0 Å². The van der Waals surface area contributed by atoms with E-state index in [0.29, 0.717) is 65.8 Å². The summed E-state index contributed by atoms with van der Waals surface area (Å²) in [4.78, 5) is 10.0. The molecule has 0 aliphatic rings. The van der Waals surface area contributed by atoms with E-state index in [9.17, 15) is 4.79 Å². The van der Waals surface area contributed by atoms with Crippen molar-refractivity contribution in [2.75, 3.05) is 65.9 Å². The zero-order chi connectivity index (χ0) is 14.7. The highest BCUT2D eigenvalue weighted by Crippen LogP contribution is 1.83. The van der Waals surface area contributed by atoms with E-state index in [1.807, 2.05) is 0 Å². The summed E-state index contributed by atoms with van der Waals surface area (Å²) in [5.41, 5.74) is 0. The van der Waals surface area contributed by atoms with Crippen molar-refractivity contribution in [3.05, 3.63) is 0 Å². The molecule has 0 aromatic heterocycles. The number of hydrogen-bond donors (Lipinski definition) is 1. The number of ether oxygens (including phenoxy) is 4.